The number of anilines is 1. The molecule has 2 aliphatic rings. The van der Waals surface area contributed by atoms with Gasteiger partial charge in [-0.2, -0.15) is 0 Å². The van der Waals surface area contributed by atoms with E-state index in [1.54, 1.807) is 7.11 Å². The Kier molecular flexibility index (Phi) is 7.63. The SMILES string of the molecule is COc1ccc(CCC(=O)NCC2CCC3(CC2)C[C@@H]3CCc2nc(N(C)C)c3ccccc3n2)cc1. The third-order valence-corrected chi connectivity index (χ3v) is 8.62. The second-order valence-corrected chi connectivity index (χ2v) is 11.3. The van der Waals surface area contributed by atoms with Gasteiger partial charge in [-0.15, -0.1) is 0 Å². The van der Waals surface area contributed by atoms with E-state index in [1.807, 2.05) is 24.3 Å². The molecule has 2 fully saturated rings. The van der Waals surface area contributed by atoms with Crippen LogP contribution in [0.4, 0.5) is 5.82 Å². The Labute approximate surface area is 220 Å². The fourth-order valence-corrected chi connectivity index (χ4v) is 6.17. The van der Waals surface area contributed by atoms with Gasteiger partial charge >= 0.3 is 0 Å². The van der Waals surface area contributed by atoms with Gasteiger partial charge in [-0.25, -0.2) is 9.97 Å². The van der Waals surface area contributed by atoms with Crippen molar-refractivity contribution in [1.82, 2.24) is 15.3 Å². The van der Waals surface area contributed by atoms with E-state index in [4.69, 9.17) is 14.7 Å². The number of methoxy groups -OCH3 is 1. The van der Waals surface area contributed by atoms with Crippen LogP contribution in [0.1, 0.15) is 56.3 Å². The molecule has 1 aromatic heterocycles. The zero-order chi connectivity index (χ0) is 25.8. The normalized spacial score (nSPS) is 22.7. The average Bonchev–Trinajstić information content (AvgIpc) is 3.61. The fraction of sp³-hybridized carbons (Fsp3) is 0.516. The molecule has 0 saturated heterocycles. The van der Waals surface area contributed by atoms with E-state index in [2.05, 4.69) is 48.6 Å². The van der Waals surface area contributed by atoms with E-state index in [0.717, 1.165) is 53.6 Å². The van der Waals surface area contributed by atoms with Gasteiger partial charge in [-0.3, -0.25) is 4.79 Å². The highest BCUT2D eigenvalue weighted by Gasteiger charge is 2.53. The quantitative estimate of drug-likeness (QED) is 0.393. The van der Waals surface area contributed by atoms with Gasteiger partial charge in [0.25, 0.3) is 0 Å². The van der Waals surface area contributed by atoms with Crippen molar-refractivity contribution in [3.8, 4) is 5.75 Å². The smallest absolute Gasteiger partial charge is 0.220 e. The molecular weight excluding hydrogens is 460 g/mol. The number of rotatable bonds is 10. The van der Waals surface area contributed by atoms with Gasteiger partial charge in [-0.05, 0) is 92.0 Å². The number of aryl methyl sites for hydroxylation is 2. The average molecular weight is 501 g/mol. The number of nitrogens with one attached hydrogen (secondary N) is 1. The maximum absolute atomic E-state index is 12.4. The summed E-state index contributed by atoms with van der Waals surface area (Å²) in [5, 5.41) is 4.31. The van der Waals surface area contributed by atoms with E-state index >= 15 is 0 Å². The van der Waals surface area contributed by atoms with Crippen molar-refractivity contribution in [3.63, 3.8) is 0 Å². The summed E-state index contributed by atoms with van der Waals surface area (Å²) in [6.45, 7) is 0.820. The number of fused-ring (bicyclic) bond motifs is 1. The van der Waals surface area contributed by atoms with Crippen LogP contribution in [0.25, 0.3) is 10.9 Å². The molecule has 2 saturated carbocycles. The van der Waals surface area contributed by atoms with E-state index < -0.39 is 0 Å². The van der Waals surface area contributed by atoms with Crippen LogP contribution in [-0.2, 0) is 17.6 Å². The number of hydrogen-bond donors (Lipinski definition) is 1. The molecule has 0 bridgehead atoms. The molecule has 1 N–H and O–H groups in total. The molecule has 196 valence electrons. The summed E-state index contributed by atoms with van der Waals surface area (Å²) in [5.41, 5.74) is 2.74. The summed E-state index contributed by atoms with van der Waals surface area (Å²) in [7, 11) is 5.77. The molecule has 0 radical (unpaired) electrons. The van der Waals surface area contributed by atoms with Crippen LogP contribution in [0, 0.1) is 17.3 Å². The maximum Gasteiger partial charge on any atom is 0.220 e. The van der Waals surface area contributed by atoms with Crippen molar-refractivity contribution >= 4 is 22.6 Å². The van der Waals surface area contributed by atoms with Crippen molar-refractivity contribution in [1.29, 1.82) is 0 Å². The molecule has 1 amide bonds. The van der Waals surface area contributed by atoms with Crippen LogP contribution in [0.5, 0.6) is 5.75 Å². The van der Waals surface area contributed by atoms with Crippen LogP contribution >= 0.6 is 0 Å². The lowest BCUT2D eigenvalue weighted by atomic mass is 9.78. The monoisotopic (exact) mass is 500 g/mol. The number of ether oxygens (including phenoxy) is 1. The van der Waals surface area contributed by atoms with Crippen LogP contribution in [0.2, 0.25) is 0 Å². The number of amides is 1. The lowest BCUT2D eigenvalue weighted by molar-refractivity contribution is -0.121. The van der Waals surface area contributed by atoms with Gasteiger partial charge in [0.05, 0.1) is 12.6 Å². The highest BCUT2D eigenvalue weighted by molar-refractivity contribution is 5.89. The minimum atomic E-state index is 0.160. The standard InChI is InChI=1S/C31H40N4O2/c1-35(2)30-26-6-4-5-7-27(26)33-28(34-30)14-11-24-20-31(24)18-16-23(17-19-31)21-32-29(36)15-10-22-8-12-25(37-3)13-9-22/h4-9,12-13,23-24H,10-11,14-21H2,1-3H3,(H,32,36)/t23?,24-,31?/m0/s1. The third-order valence-electron chi connectivity index (χ3n) is 8.62. The maximum atomic E-state index is 12.4. The van der Waals surface area contributed by atoms with Crippen LogP contribution in [-0.4, -0.2) is 43.6 Å². The predicted molar refractivity (Wildman–Crippen MR) is 149 cm³/mol. The summed E-state index contributed by atoms with van der Waals surface area (Å²) in [6, 6.07) is 16.3. The van der Waals surface area contributed by atoms with Gasteiger partial charge in [-0.1, -0.05) is 24.3 Å². The van der Waals surface area contributed by atoms with Gasteiger partial charge in [0, 0.05) is 38.9 Å². The molecule has 3 aromatic rings. The van der Waals surface area contributed by atoms with E-state index in [-0.39, 0.29) is 5.91 Å². The van der Waals surface area contributed by atoms with Crippen LogP contribution in [0.15, 0.2) is 48.5 Å². The first-order valence-electron chi connectivity index (χ1n) is 13.8. The van der Waals surface area contributed by atoms with Gasteiger partial charge in [0.2, 0.25) is 5.91 Å². The number of hydrogen-bond acceptors (Lipinski definition) is 5. The predicted octanol–water partition coefficient (Wildman–Crippen LogP) is 5.58. The zero-order valence-corrected chi connectivity index (χ0v) is 22.5. The molecule has 37 heavy (non-hydrogen) atoms. The molecule has 0 unspecified atom stereocenters. The molecule has 1 spiro atoms. The molecular formula is C31H40N4O2. The Balaban J connectivity index is 1.04. The molecule has 6 nitrogen and oxygen atoms in total. The van der Waals surface area contributed by atoms with Crippen molar-refractivity contribution < 1.29 is 9.53 Å². The van der Waals surface area contributed by atoms with Crippen LogP contribution in [0.3, 0.4) is 0 Å². The molecule has 2 aliphatic carbocycles. The van der Waals surface area contributed by atoms with E-state index in [9.17, 15) is 4.79 Å². The Morgan fingerprint density at radius 3 is 2.54 bits per heavy atom. The Bertz CT molecular complexity index is 1220. The van der Waals surface area contributed by atoms with E-state index in [1.165, 1.54) is 44.1 Å². The van der Waals surface area contributed by atoms with Crippen molar-refractivity contribution in [3.05, 3.63) is 59.9 Å². The second kappa shape index (κ2) is 11.1. The molecule has 5 rings (SSSR count). The van der Waals surface area contributed by atoms with Gasteiger partial charge < -0.3 is 15.0 Å². The number of carbonyl (C=O) groups excluding carboxylic acids is 1. The van der Waals surface area contributed by atoms with Gasteiger partial charge in [0.15, 0.2) is 0 Å². The lowest BCUT2D eigenvalue weighted by Crippen LogP contribution is -2.32. The molecule has 6 heteroatoms. The Morgan fingerprint density at radius 2 is 1.81 bits per heavy atom. The highest BCUT2D eigenvalue weighted by Crippen LogP contribution is 2.63. The topological polar surface area (TPSA) is 67.3 Å². The third kappa shape index (κ3) is 6.06. The first-order chi connectivity index (χ1) is 18.0. The molecule has 0 aliphatic heterocycles. The lowest BCUT2D eigenvalue weighted by Gasteiger charge is -2.29. The van der Waals surface area contributed by atoms with Crippen molar-refractivity contribution in [2.24, 2.45) is 17.3 Å². The Hall–Kier alpha value is -3.15. The van der Waals surface area contributed by atoms with Crippen molar-refractivity contribution in [2.75, 3.05) is 32.6 Å². The number of para-hydroxylation sites is 1. The number of aromatic nitrogens is 2. The number of benzene rings is 2. The number of carbonyl (C=O) groups is 1. The second-order valence-electron chi connectivity index (χ2n) is 11.3. The minimum Gasteiger partial charge on any atom is -0.497 e. The largest absolute Gasteiger partial charge is 0.497 e. The minimum absolute atomic E-state index is 0.160. The summed E-state index contributed by atoms with van der Waals surface area (Å²) < 4.78 is 5.20. The summed E-state index contributed by atoms with van der Waals surface area (Å²) in [4.78, 5) is 24.2. The van der Waals surface area contributed by atoms with Gasteiger partial charge in [0.1, 0.15) is 17.4 Å². The first-order valence-corrected chi connectivity index (χ1v) is 13.8. The highest BCUT2D eigenvalue weighted by atomic mass is 16.5. The first kappa shape index (κ1) is 25.5. The van der Waals surface area contributed by atoms with Crippen molar-refractivity contribution in [2.45, 2.75) is 57.8 Å². The summed E-state index contributed by atoms with van der Waals surface area (Å²) in [5.74, 6) is 4.40. The fourth-order valence-electron chi connectivity index (χ4n) is 6.17. The summed E-state index contributed by atoms with van der Waals surface area (Å²) >= 11 is 0. The van der Waals surface area contributed by atoms with Crippen LogP contribution < -0.4 is 15.0 Å². The zero-order valence-electron chi connectivity index (χ0n) is 22.5. The molecule has 1 atom stereocenters. The number of nitrogens with zero attached hydrogens (tertiary/aromatic N) is 3. The summed E-state index contributed by atoms with van der Waals surface area (Å²) in [6.07, 6.45) is 9.83. The molecule has 2 aromatic carbocycles. The Morgan fingerprint density at radius 1 is 1.05 bits per heavy atom. The van der Waals surface area contributed by atoms with E-state index in [0.29, 0.717) is 17.8 Å². The molecule has 1 heterocycles.